The van der Waals surface area contributed by atoms with Crippen LogP contribution >= 0.6 is 23.1 Å². The zero-order valence-electron chi connectivity index (χ0n) is 9.88. The summed E-state index contributed by atoms with van der Waals surface area (Å²) in [6, 6.07) is 14.3. The minimum absolute atomic E-state index is 0.790. The van der Waals surface area contributed by atoms with Crippen LogP contribution in [0.25, 0.3) is 10.2 Å². The van der Waals surface area contributed by atoms with E-state index in [0.29, 0.717) is 0 Å². The van der Waals surface area contributed by atoms with Crippen molar-refractivity contribution in [2.24, 2.45) is 0 Å². The first-order valence-electron chi connectivity index (χ1n) is 5.61. The van der Waals surface area contributed by atoms with Crippen LogP contribution in [0.2, 0.25) is 0 Å². The Morgan fingerprint density at radius 3 is 2.89 bits per heavy atom. The molecule has 90 valence electrons. The van der Waals surface area contributed by atoms with Gasteiger partial charge in [0, 0.05) is 10.6 Å². The summed E-state index contributed by atoms with van der Waals surface area (Å²) in [4.78, 5) is 5.83. The van der Waals surface area contributed by atoms with E-state index in [9.17, 15) is 0 Å². The third-order valence-corrected chi connectivity index (χ3v) is 4.66. The Hall–Kier alpha value is -1.52. The Labute approximate surface area is 114 Å². The third kappa shape index (κ3) is 2.35. The van der Waals surface area contributed by atoms with Crippen molar-refractivity contribution in [2.45, 2.75) is 16.2 Å². The number of rotatable bonds is 2. The van der Waals surface area contributed by atoms with Gasteiger partial charge >= 0.3 is 0 Å². The van der Waals surface area contributed by atoms with Crippen molar-refractivity contribution in [3.63, 3.8) is 0 Å². The van der Waals surface area contributed by atoms with Crippen LogP contribution in [0.1, 0.15) is 5.56 Å². The number of nitrogens with zero attached hydrogens (tertiary/aromatic N) is 1. The lowest BCUT2D eigenvalue weighted by Gasteiger charge is -1.98. The van der Waals surface area contributed by atoms with Crippen molar-refractivity contribution in [2.75, 3.05) is 5.73 Å². The second-order valence-corrected chi connectivity index (χ2v) is 6.48. The summed E-state index contributed by atoms with van der Waals surface area (Å²) in [7, 11) is 0. The van der Waals surface area contributed by atoms with Gasteiger partial charge in [0.1, 0.15) is 0 Å². The number of nitrogen functional groups attached to an aromatic ring is 1. The van der Waals surface area contributed by atoms with E-state index in [4.69, 9.17) is 5.73 Å². The molecule has 0 spiro atoms. The Balaban J connectivity index is 1.95. The monoisotopic (exact) mass is 272 g/mol. The minimum Gasteiger partial charge on any atom is -0.399 e. The van der Waals surface area contributed by atoms with Crippen LogP contribution in [-0.2, 0) is 0 Å². The number of hydrogen-bond donors (Lipinski definition) is 1. The molecule has 1 aromatic heterocycles. The van der Waals surface area contributed by atoms with Crippen LogP contribution in [0.15, 0.2) is 51.7 Å². The molecule has 1 heterocycles. The first-order valence-corrected chi connectivity index (χ1v) is 7.24. The number of aromatic nitrogens is 1. The predicted octanol–water partition coefficient (Wildman–Crippen LogP) is 4.34. The molecular formula is C14H12N2S2. The average Bonchev–Trinajstić information content (AvgIpc) is 2.70. The van der Waals surface area contributed by atoms with Gasteiger partial charge in [-0.05, 0) is 37.3 Å². The molecular weight excluding hydrogens is 260 g/mol. The molecule has 2 nitrogen and oxygen atoms in total. The van der Waals surface area contributed by atoms with Crippen molar-refractivity contribution < 1.29 is 0 Å². The second kappa shape index (κ2) is 4.63. The number of anilines is 1. The molecule has 2 N–H and O–H groups in total. The molecule has 0 fully saturated rings. The smallest absolute Gasteiger partial charge is 0.155 e. The van der Waals surface area contributed by atoms with Gasteiger partial charge in [-0.15, -0.1) is 11.3 Å². The molecule has 0 aliphatic heterocycles. The van der Waals surface area contributed by atoms with E-state index < -0.39 is 0 Å². The Morgan fingerprint density at radius 2 is 2.06 bits per heavy atom. The average molecular weight is 272 g/mol. The van der Waals surface area contributed by atoms with Crippen molar-refractivity contribution in [3.8, 4) is 0 Å². The standard InChI is InChI=1S/C14H12N2S2/c1-9-3-2-4-11(7-9)17-14-16-12-6-5-10(15)8-13(12)18-14/h2-8H,15H2,1H3. The summed E-state index contributed by atoms with van der Waals surface area (Å²) in [6.07, 6.45) is 0. The third-order valence-electron chi connectivity index (χ3n) is 2.59. The number of nitrogens with two attached hydrogens (primary N) is 1. The number of thiazole rings is 1. The van der Waals surface area contributed by atoms with Crippen molar-refractivity contribution in [1.29, 1.82) is 0 Å². The van der Waals surface area contributed by atoms with E-state index in [2.05, 4.69) is 36.2 Å². The maximum absolute atomic E-state index is 5.78. The van der Waals surface area contributed by atoms with E-state index in [1.165, 1.54) is 10.5 Å². The molecule has 2 aromatic carbocycles. The van der Waals surface area contributed by atoms with Gasteiger partial charge in [0.2, 0.25) is 0 Å². The SMILES string of the molecule is Cc1cccc(Sc2nc3ccc(N)cc3s2)c1. The number of benzene rings is 2. The van der Waals surface area contributed by atoms with Crippen LogP contribution < -0.4 is 5.73 Å². The van der Waals surface area contributed by atoms with E-state index in [0.717, 1.165) is 20.2 Å². The van der Waals surface area contributed by atoms with E-state index in [-0.39, 0.29) is 0 Å². The topological polar surface area (TPSA) is 38.9 Å². The molecule has 3 rings (SSSR count). The van der Waals surface area contributed by atoms with Crippen LogP contribution in [0, 0.1) is 6.92 Å². The minimum atomic E-state index is 0.790. The lowest BCUT2D eigenvalue weighted by molar-refractivity contribution is 1.28. The van der Waals surface area contributed by atoms with Gasteiger partial charge in [-0.2, -0.15) is 0 Å². The highest BCUT2D eigenvalue weighted by atomic mass is 32.2. The molecule has 18 heavy (non-hydrogen) atoms. The van der Waals surface area contributed by atoms with Gasteiger partial charge in [0.15, 0.2) is 4.34 Å². The molecule has 0 aliphatic rings. The van der Waals surface area contributed by atoms with Crippen LogP contribution in [-0.4, -0.2) is 4.98 Å². The fourth-order valence-electron chi connectivity index (χ4n) is 1.74. The molecule has 0 bridgehead atoms. The summed E-state index contributed by atoms with van der Waals surface area (Å²) in [5.41, 5.74) is 8.85. The fraction of sp³-hybridized carbons (Fsp3) is 0.0714. The summed E-state index contributed by atoms with van der Waals surface area (Å²) in [5, 5.41) is 0. The van der Waals surface area contributed by atoms with Gasteiger partial charge in [0.05, 0.1) is 10.2 Å². The van der Waals surface area contributed by atoms with E-state index >= 15 is 0 Å². The van der Waals surface area contributed by atoms with Crippen LogP contribution in [0.3, 0.4) is 0 Å². The van der Waals surface area contributed by atoms with Gasteiger partial charge in [0.25, 0.3) is 0 Å². The Bertz CT molecular complexity index is 704. The number of hydrogen-bond acceptors (Lipinski definition) is 4. The maximum Gasteiger partial charge on any atom is 0.155 e. The largest absolute Gasteiger partial charge is 0.399 e. The molecule has 3 aromatic rings. The Morgan fingerprint density at radius 1 is 1.17 bits per heavy atom. The molecule has 0 atom stereocenters. The molecule has 0 radical (unpaired) electrons. The van der Waals surface area contributed by atoms with Crippen molar-refractivity contribution >= 4 is 39.0 Å². The Kier molecular flexibility index (Phi) is 2.97. The highest BCUT2D eigenvalue weighted by molar-refractivity contribution is 8.01. The lowest BCUT2D eigenvalue weighted by atomic mass is 10.2. The summed E-state index contributed by atoms with van der Waals surface area (Å²) < 4.78 is 2.20. The van der Waals surface area contributed by atoms with Crippen molar-refractivity contribution in [3.05, 3.63) is 48.0 Å². The number of fused-ring (bicyclic) bond motifs is 1. The normalized spacial score (nSPS) is 10.9. The fourth-order valence-corrected chi connectivity index (χ4v) is 3.95. The first-order chi connectivity index (χ1) is 8.70. The molecule has 4 heteroatoms. The quantitative estimate of drug-likeness (QED) is 0.705. The van der Waals surface area contributed by atoms with E-state index in [1.807, 2.05) is 18.2 Å². The highest BCUT2D eigenvalue weighted by Gasteiger charge is 2.05. The zero-order chi connectivity index (χ0) is 12.5. The van der Waals surface area contributed by atoms with Crippen LogP contribution in [0.4, 0.5) is 5.69 Å². The molecule has 0 saturated heterocycles. The van der Waals surface area contributed by atoms with Gasteiger partial charge in [-0.3, -0.25) is 0 Å². The molecule has 0 aliphatic carbocycles. The lowest BCUT2D eigenvalue weighted by Crippen LogP contribution is -1.81. The zero-order valence-corrected chi connectivity index (χ0v) is 11.5. The summed E-state index contributed by atoms with van der Waals surface area (Å²) in [6.45, 7) is 2.10. The van der Waals surface area contributed by atoms with Gasteiger partial charge in [-0.1, -0.05) is 29.5 Å². The summed E-state index contributed by atoms with van der Waals surface area (Å²) >= 11 is 3.38. The van der Waals surface area contributed by atoms with Gasteiger partial charge in [-0.25, -0.2) is 4.98 Å². The molecule has 0 unspecified atom stereocenters. The molecule has 0 saturated carbocycles. The van der Waals surface area contributed by atoms with Gasteiger partial charge < -0.3 is 5.73 Å². The summed E-state index contributed by atoms with van der Waals surface area (Å²) in [5.74, 6) is 0. The van der Waals surface area contributed by atoms with Crippen LogP contribution in [0.5, 0.6) is 0 Å². The maximum atomic E-state index is 5.78. The first kappa shape index (κ1) is 11.6. The highest BCUT2D eigenvalue weighted by Crippen LogP contribution is 2.35. The predicted molar refractivity (Wildman–Crippen MR) is 79.3 cm³/mol. The second-order valence-electron chi connectivity index (χ2n) is 4.13. The van der Waals surface area contributed by atoms with Crippen molar-refractivity contribution in [1.82, 2.24) is 4.98 Å². The number of aryl methyl sites for hydroxylation is 1. The van der Waals surface area contributed by atoms with E-state index in [1.54, 1.807) is 23.1 Å². The molecule has 0 amide bonds.